The summed E-state index contributed by atoms with van der Waals surface area (Å²) < 4.78 is 26.3. The zero-order chi connectivity index (χ0) is 23.3. The van der Waals surface area contributed by atoms with Gasteiger partial charge in [0.25, 0.3) is 15.9 Å². The second-order valence-electron chi connectivity index (χ2n) is 7.60. The van der Waals surface area contributed by atoms with Crippen molar-refractivity contribution in [2.75, 3.05) is 19.6 Å². The van der Waals surface area contributed by atoms with Crippen LogP contribution in [-0.2, 0) is 26.0 Å². The maximum atomic E-state index is 13.2. The topological polar surface area (TPSA) is 104 Å². The van der Waals surface area contributed by atoms with E-state index in [2.05, 4.69) is 5.32 Å². The Bertz CT molecular complexity index is 1100. The predicted octanol–water partition coefficient (Wildman–Crippen LogP) is 1.82. The Hall–Kier alpha value is -3.20. The first-order valence-electron chi connectivity index (χ1n) is 10.5. The lowest BCUT2D eigenvalue weighted by molar-refractivity contribution is -0.139. The first-order chi connectivity index (χ1) is 15.3. The molecule has 0 aromatic heterocycles. The number of amides is 3. The molecular formula is C23H27N3O5S. The highest BCUT2D eigenvalue weighted by molar-refractivity contribution is 7.90. The fraction of sp³-hybridized carbons (Fsp3) is 0.348. The standard InChI is InChI=1S/C23H27N3O5S/c1-3-14-24-22(28)17(2)25(15-13-18-9-5-4-6-10-18)21(27)16-26-23(29)19-11-7-8-12-20(19)32(26,30)31/h4-12,17H,3,13-16H2,1-2H3,(H,24,28). The first kappa shape index (κ1) is 23.5. The van der Waals surface area contributed by atoms with E-state index >= 15 is 0 Å². The van der Waals surface area contributed by atoms with E-state index in [4.69, 9.17) is 0 Å². The second kappa shape index (κ2) is 9.95. The van der Waals surface area contributed by atoms with Gasteiger partial charge in [0, 0.05) is 13.1 Å². The maximum absolute atomic E-state index is 13.2. The Morgan fingerprint density at radius 2 is 1.72 bits per heavy atom. The molecule has 0 aliphatic carbocycles. The fourth-order valence-electron chi connectivity index (χ4n) is 3.57. The van der Waals surface area contributed by atoms with E-state index in [0.717, 1.165) is 12.0 Å². The molecule has 0 radical (unpaired) electrons. The summed E-state index contributed by atoms with van der Waals surface area (Å²) in [6, 6.07) is 14.5. The minimum absolute atomic E-state index is 0.0462. The van der Waals surface area contributed by atoms with Gasteiger partial charge in [-0.25, -0.2) is 12.7 Å². The molecule has 0 saturated carbocycles. The van der Waals surface area contributed by atoms with Gasteiger partial charge in [0.05, 0.1) is 5.56 Å². The molecule has 0 bridgehead atoms. The Morgan fingerprint density at radius 1 is 1.06 bits per heavy atom. The van der Waals surface area contributed by atoms with E-state index in [0.29, 0.717) is 17.3 Å². The molecule has 1 N–H and O–H groups in total. The molecule has 9 heteroatoms. The van der Waals surface area contributed by atoms with Crippen LogP contribution in [0.5, 0.6) is 0 Å². The van der Waals surface area contributed by atoms with Crippen molar-refractivity contribution in [1.29, 1.82) is 0 Å². The van der Waals surface area contributed by atoms with Crippen molar-refractivity contribution in [2.45, 2.75) is 37.6 Å². The summed E-state index contributed by atoms with van der Waals surface area (Å²) in [7, 11) is -4.12. The van der Waals surface area contributed by atoms with Crippen LogP contribution in [-0.4, -0.2) is 61.0 Å². The van der Waals surface area contributed by atoms with Gasteiger partial charge in [-0.3, -0.25) is 14.4 Å². The summed E-state index contributed by atoms with van der Waals surface area (Å²) in [6.07, 6.45) is 1.23. The van der Waals surface area contributed by atoms with Crippen molar-refractivity contribution < 1.29 is 22.8 Å². The smallest absolute Gasteiger partial charge is 0.269 e. The molecule has 1 aliphatic rings. The van der Waals surface area contributed by atoms with Crippen molar-refractivity contribution >= 4 is 27.7 Å². The molecular weight excluding hydrogens is 430 g/mol. The number of nitrogens with one attached hydrogen (secondary N) is 1. The number of fused-ring (bicyclic) bond motifs is 1. The van der Waals surface area contributed by atoms with E-state index in [9.17, 15) is 22.8 Å². The number of carbonyl (C=O) groups is 3. The van der Waals surface area contributed by atoms with Crippen molar-refractivity contribution in [3.8, 4) is 0 Å². The monoisotopic (exact) mass is 457 g/mol. The Morgan fingerprint density at radius 3 is 2.38 bits per heavy atom. The summed E-state index contributed by atoms with van der Waals surface area (Å²) >= 11 is 0. The third-order valence-corrected chi connectivity index (χ3v) is 7.18. The van der Waals surface area contributed by atoms with Crippen molar-refractivity contribution in [3.63, 3.8) is 0 Å². The zero-order valence-electron chi connectivity index (χ0n) is 18.2. The highest BCUT2D eigenvalue weighted by Gasteiger charge is 2.43. The van der Waals surface area contributed by atoms with E-state index in [1.54, 1.807) is 13.0 Å². The minimum atomic E-state index is -4.12. The maximum Gasteiger partial charge on any atom is 0.269 e. The Kier molecular flexibility index (Phi) is 7.29. The molecule has 1 heterocycles. The van der Waals surface area contributed by atoms with Crippen LogP contribution in [0.15, 0.2) is 59.5 Å². The lowest BCUT2D eigenvalue weighted by Crippen LogP contribution is -2.52. The lowest BCUT2D eigenvalue weighted by atomic mass is 10.1. The van der Waals surface area contributed by atoms with Gasteiger partial charge in [0.15, 0.2) is 0 Å². The summed E-state index contributed by atoms with van der Waals surface area (Å²) in [5, 5.41) is 2.77. The fourth-order valence-corrected chi connectivity index (χ4v) is 5.09. The van der Waals surface area contributed by atoms with Gasteiger partial charge in [0.1, 0.15) is 17.5 Å². The molecule has 32 heavy (non-hydrogen) atoms. The number of benzene rings is 2. The number of carbonyl (C=O) groups excluding carboxylic acids is 3. The molecule has 1 unspecified atom stereocenters. The van der Waals surface area contributed by atoms with Crippen LogP contribution < -0.4 is 5.32 Å². The molecule has 0 fully saturated rings. The van der Waals surface area contributed by atoms with Crippen LogP contribution in [0.2, 0.25) is 0 Å². The van der Waals surface area contributed by atoms with Gasteiger partial charge < -0.3 is 10.2 Å². The van der Waals surface area contributed by atoms with E-state index in [1.165, 1.54) is 23.1 Å². The largest absolute Gasteiger partial charge is 0.354 e. The van der Waals surface area contributed by atoms with Gasteiger partial charge in [-0.2, -0.15) is 0 Å². The molecule has 8 nitrogen and oxygen atoms in total. The highest BCUT2D eigenvalue weighted by Crippen LogP contribution is 2.29. The molecule has 3 amide bonds. The van der Waals surface area contributed by atoms with Crippen molar-refractivity contribution in [3.05, 3.63) is 65.7 Å². The first-order valence-corrected chi connectivity index (χ1v) is 12.0. The van der Waals surface area contributed by atoms with Gasteiger partial charge in [-0.05, 0) is 37.5 Å². The molecule has 1 aliphatic heterocycles. The molecule has 3 rings (SSSR count). The number of hydrogen-bond acceptors (Lipinski definition) is 5. The number of rotatable bonds is 9. The highest BCUT2D eigenvalue weighted by atomic mass is 32.2. The molecule has 2 aromatic rings. The van der Waals surface area contributed by atoms with Crippen LogP contribution in [0.1, 0.15) is 36.2 Å². The van der Waals surface area contributed by atoms with E-state index in [1.807, 2.05) is 37.3 Å². The SMILES string of the molecule is CCCNC(=O)C(C)N(CCc1ccccc1)C(=O)CN1C(=O)c2ccccc2S1(=O)=O. The summed E-state index contributed by atoms with van der Waals surface area (Å²) in [5.74, 6) is -1.67. The third-order valence-electron chi connectivity index (χ3n) is 5.39. The third kappa shape index (κ3) is 4.83. The second-order valence-corrected chi connectivity index (χ2v) is 9.43. The van der Waals surface area contributed by atoms with Crippen LogP contribution in [0, 0.1) is 0 Å². The van der Waals surface area contributed by atoms with Gasteiger partial charge in [-0.1, -0.05) is 49.4 Å². The van der Waals surface area contributed by atoms with Crippen molar-refractivity contribution in [2.24, 2.45) is 0 Å². The summed E-state index contributed by atoms with van der Waals surface area (Å²) in [6.45, 7) is 3.54. The average molecular weight is 458 g/mol. The Balaban J connectivity index is 1.81. The number of nitrogens with zero attached hydrogens (tertiary/aromatic N) is 2. The molecule has 0 spiro atoms. The number of sulfonamides is 1. The minimum Gasteiger partial charge on any atom is -0.354 e. The van der Waals surface area contributed by atoms with Crippen molar-refractivity contribution in [1.82, 2.24) is 14.5 Å². The molecule has 170 valence electrons. The van der Waals surface area contributed by atoms with Crippen LogP contribution in [0.3, 0.4) is 0 Å². The molecule has 0 saturated heterocycles. The quantitative estimate of drug-likeness (QED) is 0.619. The summed E-state index contributed by atoms with van der Waals surface area (Å²) in [4.78, 5) is 39.7. The van der Waals surface area contributed by atoms with Crippen LogP contribution in [0.4, 0.5) is 0 Å². The van der Waals surface area contributed by atoms with Crippen LogP contribution in [0.25, 0.3) is 0 Å². The predicted molar refractivity (Wildman–Crippen MR) is 119 cm³/mol. The van der Waals surface area contributed by atoms with Crippen LogP contribution >= 0.6 is 0 Å². The normalized spacial score (nSPS) is 15.2. The Labute approximate surface area is 188 Å². The van der Waals surface area contributed by atoms with E-state index in [-0.39, 0.29) is 22.9 Å². The average Bonchev–Trinajstić information content (AvgIpc) is 2.99. The van der Waals surface area contributed by atoms with E-state index < -0.39 is 34.4 Å². The lowest BCUT2D eigenvalue weighted by Gasteiger charge is -2.30. The zero-order valence-corrected chi connectivity index (χ0v) is 19.0. The number of hydrogen-bond donors (Lipinski definition) is 1. The van der Waals surface area contributed by atoms with Gasteiger partial charge in [-0.15, -0.1) is 0 Å². The molecule has 2 aromatic carbocycles. The summed E-state index contributed by atoms with van der Waals surface area (Å²) in [5.41, 5.74) is 1.02. The van der Waals surface area contributed by atoms with Gasteiger partial charge in [0.2, 0.25) is 11.8 Å². The van der Waals surface area contributed by atoms with Gasteiger partial charge >= 0.3 is 0 Å². The molecule has 1 atom stereocenters.